The molecular formula is C14H24N2O. The molecule has 0 aliphatic carbocycles. The fraction of sp³-hybridized carbons (Fsp3) is 0.571. The highest BCUT2D eigenvalue weighted by Crippen LogP contribution is 2.31. The highest BCUT2D eigenvalue weighted by atomic mass is 16.5. The lowest BCUT2D eigenvalue weighted by Gasteiger charge is -2.19. The summed E-state index contributed by atoms with van der Waals surface area (Å²) in [6.07, 6.45) is 0. The van der Waals surface area contributed by atoms with Crippen molar-refractivity contribution in [2.24, 2.45) is 5.73 Å². The SMILES string of the molecule is CNCC(N)c1cc(C(C)C)c(OC)cc1C. The Hall–Kier alpha value is -1.06. The Morgan fingerprint density at radius 2 is 1.94 bits per heavy atom. The molecule has 3 nitrogen and oxygen atoms in total. The van der Waals surface area contributed by atoms with Crippen LogP contribution in [0.5, 0.6) is 5.75 Å². The van der Waals surface area contributed by atoms with Gasteiger partial charge in [-0.2, -0.15) is 0 Å². The van der Waals surface area contributed by atoms with E-state index >= 15 is 0 Å². The van der Waals surface area contributed by atoms with Gasteiger partial charge in [0.05, 0.1) is 7.11 Å². The molecule has 0 spiro atoms. The number of benzene rings is 1. The summed E-state index contributed by atoms with van der Waals surface area (Å²) >= 11 is 0. The lowest BCUT2D eigenvalue weighted by Crippen LogP contribution is -2.24. The summed E-state index contributed by atoms with van der Waals surface area (Å²) in [5.41, 5.74) is 9.77. The number of ether oxygens (including phenoxy) is 1. The van der Waals surface area contributed by atoms with Gasteiger partial charge in [0, 0.05) is 12.6 Å². The zero-order valence-corrected chi connectivity index (χ0v) is 11.5. The second-order valence-electron chi connectivity index (χ2n) is 4.77. The number of methoxy groups -OCH3 is 1. The second-order valence-corrected chi connectivity index (χ2v) is 4.77. The molecule has 0 amide bonds. The largest absolute Gasteiger partial charge is 0.496 e. The van der Waals surface area contributed by atoms with E-state index in [1.54, 1.807) is 7.11 Å². The van der Waals surface area contributed by atoms with E-state index in [-0.39, 0.29) is 6.04 Å². The van der Waals surface area contributed by atoms with E-state index < -0.39 is 0 Å². The van der Waals surface area contributed by atoms with Crippen LogP contribution >= 0.6 is 0 Å². The van der Waals surface area contributed by atoms with Crippen LogP contribution < -0.4 is 15.8 Å². The smallest absolute Gasteiger partial charge is 0.122 e. The molecule has 3 heteroatoms. The Bertz CT molecular complexity index is 375. The zero-order chi connectivity index (χ0) is 13.0. The maximum atomic E-state index is 6.16. The molecule has 0 radical (unpaired) electrons. The molecule has 3 N–H and O–H groups in total. The molecule has 0 aromatic heterocycles. The van der Waals surface area contributed by atoms with Crippen molar-refractivity contribution in [3.63, 3.8) is 0 Å². The topological polar surface area (TPSA) is 47.3 Å². The highest BCUT2D eigenvalue weighted by molar-refractivity contribution is 5.45. The van der Waals surface area contributed by atoms with Crippen LogP contribution in [0.25, 0.3) is 0 Å². The molecule has 1 rings (SSSR count). The summed E-state index contributed by atoms with van der Waals surface area (Å²) in [5.74, 6) is 1.39. The Kier molecular flexibility index (Phi) is 4.97. The van der Waals surface area contributed by atoms with Gasteiger partial charge in [-0.3, -0.25) is 0 Å². The number of nitrogens with one attached hydrogen (secondary N) is 1. The predicted octanol–water partition coefficient (Wildman–Crippen LogP) is 2.35. The van der Waals surface area contributed by atoms with Gasteiger partial charge in [0.15, 0.2) is 0 Å². The summed E-state index contributed by atoms with van der Waals surface area (Å²) in [5, 5.41) is 3.11. The van der Waals surface area contributed by atoms with E-state index in [2.05, 4.69) is 38.2 Å². The van der Waals surface area contributed by atoms with Crippen molar-refractivity contribution in [2.75, 3.05) is 20.7 Å². The standard InChI is InChI=1S/C14H24N2O/c1-9(2)11-7-12(13(15)8-16-4)10(3)6-14(11)17-5/h6-7,9,13,16H,8,15H2,1-5H3. The Labute approximate surface area is 104 Å². The molecule has 0 saturated carbocycles. The van der Waals surface area contributed by atoms with Crippen LogP contribution in [-0.4, -0.2) is 20.7 Å². The predicted molar refractivity (Wildman–Crippen MR) is 72.7 cm³/mol. The molecule has 0 aliphatic rings. The molecule has 0 bridgehead atoms. The van der Waals surface area contributed by atoms with Crippen LogP contribution in [-0.2, 0) is 0 Å². The molecule has 1 atom stereocenters. The minimum atomic E-state index is 0.0309. The van der Waals surface area contributed by atoms with Gasteiger partial charge in [-0.1, -0.05) is 13.8 Å². The Balaban J connectivity index is 3.19. The number of aryl methyl sites for hydroxylation is 1. The van der Waals surface area contributed by atoms with Crippen molar-refractivity contribution in [1.82, 2.24) is 5.32 Å². The van der Waals surface area contributed by atoms with Crippen LogP contribution in [0.15, 0.2) is 12.1 Å². The van der Waals surface area contributed by atoms with E-state index in [9.17, 15) is 0 Å². The normalized spacial score (nSPS) is 12.9. The minimum absolute atomic E-state index is 0.0309. The second kappa shape index (κ2) is 6.03. The first-order valence-corrected chi connectivity index (χ1v) is 6.09. The molecule has 0 fully saturated rings. The fourth-order valence-electron chi connectivity index (χ4n) is 2.07. The lowest BCUT2D eigenvalue weighted by atomic mass is 9.93. The van der Waals surface area contributed by atoms with Gasteiger partial charge in [0.1, 0.15) is 5.75 Å². The molecule has 0 aliphatic heterocycles. The molecule has 1 aromatic rings. The Morgan fingerprint density at radius 3 is 2.41 bits per heavy atom. The van der Waals surface area contributed by atoms with E-state index in [1.807, 2.05) is 7.05 Å². The van der Waals surface area contributed by atoms with Crippen LogP contribution in [0.3, 0.4) is 0 Å². The summed E-state index contributed by atoms with van der Waals surface area (Å²) in [6, 6.07) is 4.30. The number of nitrogens with two attached hydrogens (primary N) is 1. The average molecular weight is 236 g/mol. The van der Waals surface area contributed by atoms with Crippen LogP contribution in [0, 0.1) is 6.92 Å². The van der Waals surface area contributed by atoms with Gasteiger partial charge in [0.25, 0.3) is 0 Å². The van der Waals surface area contributed by atoms with Crippen LogP contribution in [0.2, 0.25) is 0 Å². The third-order valence-corrected chi connectivity index (χ3v) is 3.06. The van der Waals surface area contributed by atoms with Gasteiger partial charge in [-0.25, -0.2) is 0 Å². The summed E-state index contributed by atoms with van der Waals surface area (Å²) in [4.78, 5) is 0. The Morgan fingerprint density at radius 1 is 1.29 bits per heavy atom. The van der Waals surface area contributed by atoms with Crippen molar-refractivity contribution in [1.29, 1.82) is 0 Å². The molecular weight excluding hydrogens is 212 g/mol. The highest BCUT2D eigenvalue weighted by Gasteiger charge is 2.14. The van der Waals surface area contributed by atoms with Gasteiger partial charge < -0.3 is 15.8 Å². The van der Waals surface area contributed by atoms with Gasteiger partial charge in [-0.05, 0) is 48.7 Å². The lowest BCUT2D eigenvalue weighted by molar-refractivity contribution is 0.406. The molecule has 17 heavy (non-hydrogen) atoms. The number of hydrogen-bond acceptors (Lipinski definition) is 3. The van der Waals surface area contributed by atoms with Gasteiger partial charge in [0.2, 0.25) is 0 Å². The zero-order valence-electron chi connectivity index (χ0n) is 11.5. The van der Waals surface area contributed by atoms with Crippen LogP contribution in [0.4, 0.5) is 0 Å². The summed E-state index contributed by atoms with van der Waals surface area (Å²) in [7, 11) is 3.63. The third-order valence-electron chi connectivity index (χ3n) is 3.06. The minimum Gasteiger partial charge on any atom is -0.496 e. The van der Waals surface area contributed by atoms with E-state index in [0.29, 0.717) is 5.92 Å². The maximum Gasteiger partial charge on any atom is 0.122 e. The fourth-order valence-corrected chi connectivity index (χ4v) is 2.07. The first-order chi connectivity index (χ1) is 8.01. The monoisotopic (exact) mass is 236 g/mol. The van der Waals surface area contributed by atoms with E-state index in [4.69, 9.17) is 10.5 Å². The number of hydrogen-bond donors (Lipinski definition) is 2. The van der Waals surface area contributed by atoms with Crippen molar-refractivity contribution in [2.45, 2.75) is 32.7 Å². The quantitative estimate of drug-likeness (QED) is 0.825. The first kappa shape index (κ1) is 14.0. The average Bonchev–Trinajstić information content (AvgIpc) is 2.28. The maximum absolute atomic E-state index is 6.16. The van der Waals surface area contributed by atoms with Gasteiger partial charge >= 0.3 is 0 Å². The molecule has 1 unspecified atom stereocenters. The third kappa shape index (κ3) is 3.20. The first-order valence-electron chi connectivity index (χ1n) is 6.09. The molecule has 0 heterocycles. The van der Waals surface area contributed by atoms with Crippen molar-refractivity contribution >= 4 is 0 Å². The molecule has 96 valence electrons. The van der Waals surface area contributed by atoms with Crippen molar-refractivity contribution in [3.8, 4) is 5.75 Å². The van der Waals surface area contributed by atoms with Crippen molar-refractivity contribution < 1.29 is 4.74 Å². The summed E-state index contributed by atoms with van der Waals surface area (Å²) in [6.45, 7) is 7.20. The van der Waals surface area contributed by atoms with E-state index in [0.717, 1.165) is 12.3 Å². The number of likely N-dealkylation sites (N-methyl/N-ethyl adjacent to an activating group) is 1. The molecule has 1 aromatic carbocycles. The molecule has 0 saturated heterocycles. The van der Waals surface area contributed by atoms with Gasteiger partial charge in [-0.15, -0.1) is 0 Å². The van der Waals surface area contributed by atoms with Crippen molar-refractivity contribution in [3.05, 3.63) is 28.8 Å². The van der Waals surface area contributed by atoms with Crippen LogP contribution in [0.1, 0.15) is 42.5 Å². The van der Waals surface area contributed by atoms with E-state index in [1.165, 1.54) is 16.7 Å². The number of rotatable bonds is 5. The summed E-state index contributed by atoms with van der Waals surface area (Å²) < 4.78 is 5.43.